The Balaban J connectivity index is 1.35. The number of imide groups is 1. The van der Waals surface area contributed by atoms with Crippen molar-refractivity contribution in [3.05, 3.63) is 64.0 Å². The monoisotopic (exact) mass is 479 g/mol. The largest absolute Gasteiger partial charge is 0.349 e. The van der Waals surface area contributed by atoms with E-state index in [0.717, 1.165) is 4.88 Å². The van der Waals surface area contributed by atoms with E-state index in [1.807, 2.05) is 59.7 Å². The third-order valence-corrected chi connectivity index (χ3v) is 7.50. The van der Waals surface area contributed by atoms with Crippen LogP contribution in [0.15, 0.2) is 52.5 Å². The van der Waals surface area contributed by atoms with E-state index in [1.54, 1.807) is 4.90 Å². The van der Waals surface area contributed by atoms with Gasteiger partial charge in [0, 0.05) is 43.9 Å². The van der Waals surface area contributed by atoms with E-state index in [2.05, 4.69) is 10.3 Å². The SMILES string of the molecule is Cc1nonc1N1CCN(C(=O)CC2(c3ccccc3)CC(=O)N(Cc3cccs3)C2=O)CC1. The molecule has 1 unspecified atom stereocenters. The van der Waals surface area contributed by atoms with Crippen LogP contribution in [0.4, 0.5) is 5.82 Å². The maximum absolute atomic E-state index is 13.7. The highest BCUT2D eigenvalue weighted by molar-refractivity contribution is 7.09. The lowest BCUT2D eigenvalue weighted by Gasteiger charge is -2.36. The van der Waals surface area contributed by atoms with Gasteiger partial charge < -0.3 is 9.80 Å². The average Bonchev–Trinajstić information content (AvgIpc) is 3.58. The molecule has 2 aromatic heterocycles. The molecule has 2 fully saturated rings. The highest BCUT2D eigenvalue weighted by atomic mass is 32.1. The van der Waals surface area contributed by atoms with E-state index in [0.29, 0.717) is 43.3 Å². The summed E-state index contributed by atoms with van der Waals surface area (Å²) in [6, 6.07) is 13.0. The van der Waals surface area contributed by atoms with Gasteiger partial charge in [0.05, 0.1) is 12.0 Å². The lowest BCUT2D eigenvalue weighted by molar-refractivity contribution is -0.143. The van der Waals surface area contributed by atoms with Gasteiger partial charge in [-0.05, 0) is 29.1 Å². The maximum atomic E-state index is 13.7. The minimum atomic E-state index is -1.18. The summed E-state index contributed by atoms with van der Waals surface area (Å²) in [7, 11) is 0. The maximum Gasteiger partial charge on any atom is 0.241 e. The minimum Gasteiger partial charge on any atom is -0.349 e. The molecule has 2 aliphatic rings. The van der Waals surface area contributed by atoms with E-state index in [4.69, 9.17) is 4.63 Å². The summed E-state index contributed by atoms with van der Waals surface area (Å²) in [4.78, 5) is 46.3. The van der Waals surface area contributed by atoms with Crippen LogP contribution < -0.4 is 4.90 Å². The van der Waals surface area contributed by atoms with Gasteiger partial charge in [-0.2, -0.15) is 0 Å². The lowest BCUT2D eigenvalue weighted by atomic mass is 9.75. The van der Waals surface area contributed by atoms with Gasteiger partial charge in [-0.15, -0.1) is 11.3 Å². The van der Waals surface area contributed by atoms with Crippen molar-refractivity contribution >= 4 is 34.9 Å². The summed E-state index contributed by atoms with van der Waals surface area (Å²) >= 11 is 1.50. The predicted octanol–water partition coefficient (Wildman–Crippen LogP) is 2.38. The van der Waals surface area contributed by atoms with Crippen molar-refractivity contribution < 1.29 is 19.0 Å². The van der Waals surface area contributed by atoms with Crippen molar-refractivity contribution in [2.75, 3.05) is 31.1 Å². The van der Waals surface area contributed by atoms with Crippen LogP contribution in [0.25, 0.3) is 0 Å². The number of aromatic nitrogens is 2. The van der Waals surface area contributed by atoms with E-state index < -0.39 is 5.41 Å². The van der Waals surface area contributed by atoms with Gasteiger partial charge in [-0.1, -0.05) is 41.6 Å². The molecule has 0 saturated carbocycles. The Morgan fingerprint density at radius 1 is 1.06 bits per heavy atom. The number of benzene rings is 1. The third-order valence-electron chi connectivity index (χ3n) is 6.64. The van der Waals surface area contributed by atoms with E-state index in [1.165, 1.54) is 16.2 Å². The summed E-state index contributed by atoms with van der Waals surface area (Å²) in [6.45, 7) is 4.25. The Kier molecular flexibility index (Phi) is 5.91. The highest BCUT2D eigenvalue weighted by Gasteiger charge is 2.54. The molecule has 176 valence electrons. The third kappa shape index (κ3) is 3.98. The van der Waals surface area contributed by atoms with Gasteiger partial charge in [0.25, 0.3) is 0 Å². The lowest BCUT2D eigenvalue weighted by Crippen LogP contribution is -2.51. The van der Waals surface area contributed by atoms with E-state index >= 15 is 0 Å². The Morgan fingerprint density at radius 2 is 1.82 bits per heavy atom. The Hall–Kier alpha value is -3.53. The molecule has 0 spiro atoms. The van der Waals surface area contributed by atoms with Crippen LogP contribution in [-0.4, -0.2) is 64.0 Å². The first-order valence-corrected chi connectivity index (χ1v) is 12.1. The molecule has 2 aliphatic heterocycles. The number of hydrogen-bond acceptors (Lipinski definition) is 8. The smallest absolute Gasteiger partial charge is 0.241 e. The van der Waals surface area contributed by atoms with Crippen LogP contribution in [0.1, 0.15) is 29.0 Å². The molecule has 34 heavy (non-hydrogen) atoms. The van der Waals surface area contributed by atoms with Crippen LogP contribution in [-0.2, 0) is 26.3 Å². The summed E-state index contributed by atoms with van der Waals surface area (Å²) in [5.74, 6) is 0.0218. The number of likely N-dealkylation sites (tertiary alicyclic amines) is 1. The second-order valence-electron chi connectivity index (χ2n) is 8.71. The average molecular weight is 480 g/mol. The molecule has 9 nitrogen and oxygen atoms in total. The Bertz CT molecular complexity index is 1190. The molecular formula is C24H25N5O4S. The number of aryl methyl sites for hydroxylation is 1. The molecule has 0 N–H and O–H groups in total. The summed E-state index contributed by atoms with van der Waals surface area (Å²) in [5, 5.41) is 9.70. The van der Waals surface area contributed by atoms with Crippen molar-refractivity contribution in [2.45, 2.75) is 31.7 Å². The van der Waals surface area contributed by atoms with Crippen molar-refractivity contribution in [3.63, 3.8) is 0 Å². The molecule has 1 atom stereocenters. The van der Waals surface area contributed by atoms with Crippen molar-refractivity contribution in [1.29, 1.82) is 0 Å². The fourth-order valence-corrected chi connectivity index (χ4v) is 5.49. The molecule has 2 saturated heterocycles. The van der Waals surface area contributed by atoms with Gasteiger partial charge in [0.2, 0.25) is 17.7 Å². The predicted molar refractivity (Wildman–Crippen MR) is 125 cm³/mol. The number of piperazine rings is 1. The molecule has 0 radical (unpaired) electrons. The van der Waals surface area contributed by atoms with Crippen molar-refractivity contribution in [3.8, 4) is 0 Å². The van der Waals surface area contributed by atoms with Gasteiger partial charge in [-0.3, -0.25) is 19.3 Å². The molecular weight excluding hydrogens is 454 g/mol. The Labute approximate surface area is 200 Å². The van der Waals surface area contributed by atoms with Crippen LogP contribution in [0.3, 0.4) is 0 Å². The minimum absolute atomic E-state index is 0.00324. The topological polar surface area (TPSA) is 99.8 Å². The Morgan fingerprint density at radius 3 is 2.47 bits per heavy atom. The molecule has 10 heteroatoms. The van der Waals surface area contributed by atoms with Crippen molar-refractivity contribution in [2.24, 2.45) is 0 Å². The van der Waals surface area contributed by atoms with E-state index in [9.17, 15) is 14.4 Å². The molecule has 1 aromatic carbocycles. The summed E-state index contributed by atoms with van der Waals surface area (Å²) in [5.41, 5.74) is 0.234. The van der Waals surface area contributed by atoms with Gasteiger partial charge in [-0.25, -0.2) is 4.63 Å². The first-order valence-electron chi connectivity index (χ1n) is 11.2. The molecule has 3 amide bonds. The number of nitrogens with zero attached hydrogens (tertiary/aromatic N) is 5. The molecule has 0 bridgehead atoms. The summed E-state index contributed by atoms with van der Waals surface area (Å²) in [6.07, 6.45) is -0.0379. The van der Waals surface area contributed by atoms with Crippen LogP contribution >= 0.6 is 11.3 Å². The number of thiophene rings is 1. The molecule has 3 aromatic rings. The number of anilines is 1. The quantitative estimate of drug-likeness (QED) is 0.501. The fourth-order valence-electron chi connectivity index (χ4n) is 4.79. The molecule has 4 heterocycles. The standard InChI is InChI=1S/C24H25N5O4S/c1-17-22(26-33-25-17)28-11-9-27(10-12-28)20(30)14-24(18-6-3-2-4-7-18)15-21(31)29(23(24)32)16-19-8-5-13-34-19/h2-8,13H,9-12,14-16H2,1H3. The van der Waals surface area contributed by atoms with E-state index in [-0.39, 0.29) is 37.1 Å². The zero-order valence-corrected chi connectivity index (χ0v) is 19.7. The zero-order chi connectivity index (χ0) is 23.7. The second-order valence-corrected chi connectivity index (χ2v) is 9.74. The normalized spacial score (nSPS) is 20.9. The number of carbonyl (C=O) groups is 3. The number of hydrogen-bond donors (Lipinski definition) is 0. The molecule has 0 aliphatic carbocycles. The number of carbonyl (C=O) groups excluding carboxylic acids is 3. The summed E-state index contributed by atoms with van der Waals surface area (Å²) < 4.78 is 4.80. The highest BCUT2D eigenvalue weighted by Crippen LogP contribution is 2.41. The van der Waals surface area contributed by atoms with Gasteiger partial charge in [0.1, 0.15) is 5.69 Å². The van der Waals surface area contributed by atoms with Crippen molar-refractivity contribution in [1.82, 2.24) is 20.1 Å². The fraction of sp³-hybridized carbons (Fsp3) is 0.375. The van der Waals surface area contributed by atoms with Gasteiger partial charge in [0.15, 0.2) is 5.82 Å². The van der Waals surface area contributed by atoms with Crippen LogP contribution in [0, 0.1) is 6.92 Å². The number of rotatable bonds is 6. The zero-order valence-electron chi connectivity index (χ0n) is 18.8. The second kappa shape index (κ2) is 9.02. The van der Waals surface area contributed by atoms with Gasteiger partial charge >= 0.3 is 0 Å². The van der Waals surface area contributed by atoms with Crippen LogP contribution in [0.2, 0.25) is 0 Å². The number of amides is 3. The van der Waals surface area contributed by atoms with Crippen LogP contribution in [0.5, 0.6) is 0 Å². The first-order chi connectivity index (χ1) is 16.5. The molecule has 5 rings (SSSR count). The first kappa shape index (κ1) is 22.3.